The average molecular weight is 453 g/mol. The molecule has 2 saturated heterocycles. The van der Waals surface area contributed by atoms with Crippen LogP contribution in [0.4, 0.5) is 8.78 Å². The molecule has 3 fully saturated rings. The molecule has 2 aliphatic heterocycles. The van der Waals surface area contributed by atoms with Gasteiger partial charge in [-0.2, -0.15) is 0 Å². The number of benzene rings is 2. The van der Waals surface area contributed by atoms with E-state index in [1.165, 1.54) is 24.3 Å². The van der Waals surface area contributed by atoms with Crippen LogP contribution in [0.5, 0.6) is 0 Å². The zero-order valence-corrected chi connectivity index (χ0v) is 19.0. The Bertz CT molecular complexity index is 1030. The highest BCUT2D eigenvalue weighted by molar-refractivity contribution is 5.89. The van der Waals surface area contributed by atoms with Crippen LogP contribution in [-0.4, -0.2) is 47.3 Å². The van der Waals surface area contributed by atoms with Crippen molar-refractivity contribution in [2.24, 2.45) is 5.92 Å². The van der Waals surface area contributed by atoms with Gasteiger partial charge in [-0.1, -0.05) is 37.1 Å². The fourth-order valence-corrected chi connectivity index (χ4v) is 6.52. The maximum absolute atomic E-state index is 14.0. The number of carbonyl (C=O) groups is 2. The summed E-state index contributed by atoms with van der Waals surface area (Å²) in [5.74, 6) is -0.210. The molecule has 33 heavy (non-hydrogen) atoms. The van der Waals surface area contributed by atoms with Crippen LogP contribution < -0.4 is 0 Å². The van der Waals surface area contributed by atoms with Crippen LogP contribution >= 0.6 is 0 Å². The second-order valence-electron chi connectivity index (χ2n) is 9.90. The molecule has 1 saturated carbocycles. The minimum Gasteiger partial charge on any atom is -0.341 e. The summed E-state index contributed by atoms with van der Waals surface area (Å²) < 4.78 is 27.1. The summed E-state index contributed by atoms with van der Waals surface area (Å²) in [6.07, 6.45) is 4.28. The fraction of sp³-hybridized carbons (Fsp3) is 0.481. The number of fused-ring (bicyclic) bond motifs is 1. The molecule has 1 aliphatic carbocycles. The van der Waals surface area contributed by atoms with E-state index in [0.717, 1.165) is 43.2 Å². The van der Waals surface area contributed by atoms with E-state index < -0.39 is 5.41 Å². The predicted octanol–water partition coefficient (Wildman–Crippen LogP) is 4.64. The molecule has 2 amide bonds. The average Bonchev–Trinajstić information content (AvgIpc) is 3.45. The molecule has 0 bridgehead atoms. The quantitative estimate of drug-likeness (QED) is 0.681. The third-order valence-electron chi connectivity index (χ3n) is 8.18. The van der Waals surface area contributed by atoms with Crippen LogP contribution in [0.3, 0.4) is 0 Å². The molecule has 0 N–H and O–H groups in total. The Balaban J connectivity index is 1.44. The summed E-state index contributed by atoms with van der Waals surface area (Å²) in [6, 6.07) is 13.0. The minimum absolute atomic E-state index is 0.0490. The molecule has 6 heteroatoms. The zero-order chi connectivity index (χ0) is 23.2. The summed E-state index contributed by atoms with van der Waals surface area (Å²) in [7, 11) is 0. The third-order valence-corrected chi connectivity index (χ3v) is 8.18. The molecule has 174 valence electrons. The van der Waals surface area contributed by atoms with E-state index in [-0.39, 0.29) is 41.3 Å². The molecule has 2 heterocycles. The highest BCUT2D eigenvalue weighted by Gasteiger charge is 2.50. The van der Waals surface area contributed by atoms with Crippen molar-refractivity contribution in [3.05, 3.63) is 71.3 Å². The normalized spacial score (nSPS) is 26.3. The van der Waals surface area contributed by atoms with Crippen molar-refractivity contribution >= 4 is 11.8 Å². The number of rotatable bonds is 3. The Morgan fingerprint density at radius 3 is 2.12 bits per heavy atom. The summed E-state index contributed by atoms with van der Waals surface area (Å²) in [5, 5.41) is 0. The van der Waals surface area contributed by atoms with E-state index in [1.807, 2.05) is 9.80 Å². The van der Waals surface area contributed by atoms with Gasteiger partial charge >= 0.3 is 0 Å². The van der Waals surface area contributed by atoms with Gasteiger partial charge in [0.25, 0.3) is 0 Å². The van der Waals surface area contributed by atoms with E-state index in [1.54, 1.807) is 31.2 Å². The van der Waals surface area contributed by atoms with Crippen LogP contribution in [-0.2, 0) is 15.0 Å². The van der Waals surface area contributed by atoms with E-state index in [2.05, 4.69) is 0 Å². The summed E-state index contributed by atoms with van der Waals surface area (Å²) in [4.78, 5) is 30.3. The molecule has 3 atom stereocenters. The number of nitrogens with zero attached hydrogens (tertiary/aromatic N) is 2. The molecule has 0 radical (unpaired) electrons. The molecule has 2 aromatic rings. The van der Waals surface area contributed by atoms with E-state index in [4.69, 9.17) is 0 Å². The van der Waals surface area contributed by atoms with Crippen molar-refractivity contribution in [1.82, 2.24) is 9.80 Å². The van der Waals surface area contributed by atoms with Gasteiger partial charge in [0.05, 0.1) is 5.41 Å². The minimum atomic E-state index is -0.592. The Morgan fingerprint density at radius 2 is 1.52 bits per heavy atom. The Kier molecular flexibility index (Phi) is 5.71. The van der Waals surface area contributed by atoms with Gasteiger partial charge < -0.3 is 9.80 Å². The highest BCUT2D eigenvalue weighted by atomic mass is 19.1. The number of piperidine rings is 1. The predicted molar refractivity (Wildman–Crippen MR) is 122 cm³/mol. The lowest BCUT2D eigenvalue weighted by atomic mass is 9.76. The van der Waals surface area contributed by atoms with Gasteiger partial charge in [-0.3, -0.25) is 9.59 Å². The number of hydrogen-bond donors (Lipinski definition) is 0. The van der Waals surface area contributed by atoms with Crippen molar-refractivity contribution in [1.29, 1.82) is 0 Å². The van der Waals surface area contributed by atoms with Crippen LogP contribution in [0.2, 0.25) is 0 Å². The largest absolute Gasteiger partial charge is 0.341 e. The smallest absolute Gasteiger partial charge is 0.233 e. The molecule has 4 nitrogen and oxygen atoms in total. The molecule has 0 unspecified atom stereocenters. The van der Waals surface area contributed by atoms with E-state index >= 15 is 0 Å². The number of hydrogen-bond acceptors (Lipinski definition) is 2. The van der Waals surface area contributed by atoms with Crippen LogP contribution in [0.15, 0.2) is 48.5 Å². The summed E-state index contributed by atoms with van der Waals surface area (Å²) >= 11 is 0. The topological polar surface area (TPSA) is 40.6 Å². The van der Waals surface area contributed by atoms with Gasteiger partial charge in [-0.25, -0.2) is 8.78 Å². The molecular formula is C27H30F2N2O2. The third kappa shape index (κ3) is 3.83. The van der Waals surface area contributed by atoms with Crippen LogP contribution in [0.1, 0.15) is 56.1 Å². The first-order chi connectivity index (χ1) is 15.9. The lowest BCUT2D eigenvalue weighted by Gasteiger charge is -2.42. The number of amides is 2. The molecular weight excluding hydrogens is 422 g/mol. The lowest BCUT2D eigenvalue weighted by molar-refractivity contribution is -0.140. The zero-order valence-electron chi connectivity index (χ0n) is 19.0. The van der Waals surface area contributed by atoms with Gasteiger partial charge in [0.2, 0.25) is 11.8 Å². The van der Waals surface area contributed by atoms with Gasteiger partial charge in [-0.05, 0) is 54.7 Å². The Morgan fingerprint density at radius 1 is 0.909 bits per heavy atom. The Hall–Kier alpha value is -2.76. The van der Waals surface area contributed by atoms with Crippen LogP contribution in [0.25, 0.3) is 0 Å². The number of likely N-dealkylation sites (tertiary alicyclic amines) is 2. The van der Waals surface area contributed by atoms with Crippen molar-refractivity contribution < 1.29 is 18.4 Å². The molecule has 0 aromatic heterocycles. The van der Waals surface area contributed by atoms with Gasteiger partial charge in [0.15, 0.2) is 0 Å². The maximum atomic E-state index is 14.0. The van der Waals surface area contributed by atoms with Gasteiger partial charge in [0, 0.05) is 44.4 Å². The second-order valence-corrected chi connectivity index (χ2v) is 9.90. The van der Waals surface area contributed by atoms with Gasteiger partial charge in [0.1, 0.15) is 11.6 Å². The first-order valence-electron chi connectivity index (χ1n) is 12.0. The number of halogens is 2. The fourth-order valence-electron chi connectivity index (χ4n) is 6.52. The second kappa shape index (κ2) is 8.54. The van der Waals surface area contributed by atoms with Crippen molar-refractivity contribution in [3.8, 4) is 0 Å². The van der Waals surface area contributed by atoms with Crippen LogP contribution in [0, 0.1) is 17.6 Å². The standard InChI is InChI=1S/C27H30F2N2O2/c1-18(32)31-17-23(19-4-8-21(28)9-5-19)24-16-30(15-12-25(24)31)26(33)27(13-2-3-14-27)20-6-10-22(29)11-7-20/h4-11,23-25H,2-3,12-17H2,1H3/t23-,24-,25-/m1/s1. The molecule has 5 rings (SSSR count). The maximum Gasteiger partial charge on any atom is 0.233 e. The van der Waals surface area contributed by atoms with Crippen molar-refractivity contribution in [3.63, 3.8) is 0 Å². The number of carbonyl (C=O) groups excluding carboxylic acids is 2. The van der Waals surface area contributed by atoms with Crippen molar-refractivity contribution in [2.75, 3.05) is 19.6 Å². The first-order valence-corrected chi connectivity index (χ1v) is 12.0. The molecule has 2 aromatic carbocycles. The first kappa shape index (κ1) is 22.1. The monoisotopic (exact) mass is 452 g/mol. The summed E-state index contributed by atoms with van der Waals surface area (Å²) in [6.45, 7) is 3.40. The van der Waals surface area contributed by atoms with Gasteiger partial charge in [-0.15, -0.1) is 0 Å². The van der Waals surface area contributed by atoms with E-state index in [9.17, 15) is 18.4 Å². The Labute approximate surface area is 193 Å². The molecule has 0 spiro atoms. The lowest BCUT2D eigenvalue weighted by Crippen LogP contribution is -2.54. The SMILES string of the molecule is CC(=O)N1C[C@H](c2ccc(F)cc2)[C@H]2CN(C(=O)C3(c4ccc(F)cc4)CCCC3)CC[C@H]21. The van der Waals surface area contributed by atoms with Crippen molar-refractivity contribution in [2.45, 2.75) is 56.4 Å². The molecule has 3 aliphatic rings. The highest BCUT2D eigenvalue weighted by Crippen LogP contribution is 2.46. The van der Waals surface area contributed by atoms with E-state index in [0.29, 0.717) is 19.6 Å². The summed E-state index contributed by atoms with van der Waals surface area (Å²) in [5.41, 5.74) is 1.32.